The summed E-state index contributed by atoms with van der Waals surface area (Å²) >= 11 is 0. The zero-order valence-electron chi connectivity index (χ0n) is 11.2. The van der Waals surface area contributed by atoms with E-state index in [0.29, 0.717) is 0 Å². The number of methoxy groups -OCH3 is 2. The molecule has 0 spiro atoms. The highest BCUT2D eigenvalue weighted by molar-refractivity contribution is 7.84. The molecule has 18 heavy (non-hydrogen) atoms. The average Bonchev–Trinajstić information content (AvgIpc) is 2.37. The molecule has 0 bridgehead atoms. The Morgan fingerprint density at radius 2 is 2.06 bits per heavy atom. The van der Waals surface area contributed by atoms with Gasteiger partial charge in [0.1, 0.15) is 11.5 Å². The smallest absolute Gasteiger partial charge is 0.123 e. The van der Waals surface area contributed by atoms with Gasteiger partial charge in [-0.25, -0.2) is 0 Å². The van der Waals surface area contributed by atoms with Crippen molar-refractivity contribution in [3.63, 3.8) is 0 Å². The molecule has 4 nitrogen and oxygen atoms in total. The molecule has 1 atom stereocenters. The van der Waals surface area contributed by atoms with Crippen LogP contribution in [0.1, 0.15) is 12.0 Å². The molecule has 1 rings (SSSR count). The largest absolute Gasteiger partial charge is 0.497 e. The molecule has 0 heterocycles. The zero-order valence-corrected chi connectivity index (χ0v) is 12.0. The molecule has 102 valence electrons. The molecular weight excluding hydrogens is 250 g/mol. The molecule has 0 aliphatic rings. The van der Waals surface area contributed by atoms with Crippen molar-refractivity contribution in [3.8, 4) is 11.5 Å². The number of benzene rings is 1. The van der Waals surface area contributed by atoms with Gasteiger partial charge in [0.05, 0.1) is 14.2 Å². The van der Waals surface area contributed by atoms with Gasteiger partial charge in [-0.2, -0.15) is 0 Å². The Hall–Kier alpha value is -1.07. The first-order chi connectivity index (χ1) is 8.67. The lowest BCUT2D eigenvalue weighted by Gasteiger charge is -2.11. The van der Waals surface area contributed by atoms with Crippen molar-refractivity contribution in [1.82, 2.24) is 5.32 Å². The van der Waals surface area contributed by atoms with Crippen LogP contribution in [-0.4, -0.2) is 37.0 Å². The predicted octanol–water partition coefficient (Wildman–Crippen LogP) is 1.56. The van der Waals surface area contributed by atoms with Crippen LogP contribution in [0.2, 0.25) is 0 Å². The Balaban J connectivity index is 2.47. The minimum atomic E-state index is -0.709. The standard InChI is InChI=1S/C13H21NO3S/c1-16-12-5-6-13(17-2)11(9-12)10-14-7-4-8-18(3)15/h5-6,9,14H,4,7-8,10H2,1-3H3. The van der Waals surface area contributed by atoms with Gasteiger partial charge >= 0.3 is 0 Å². The second-order valence-electron chi connectivity index (χ2n) is 3.99. The van der Waals surface area contributed by atoms with E-state index >= 15 is 0 Å². The van der Waals surface area contributed by atoms with Crippen LogP contribution in [-0.2, 0) is 17.3 Å². The molecule has 1 unspecified atom stereocenters. The molecule has 5 heteroatoms. The monoisotopic (exact) mass is 271 g/mol. The second-order valence-corrected chi connectivity index (χ2v) is 5.54. The van der Waals surface area contributed by atoms with Crippen LogP contribution in [0.3, 0.4) is 0 Å². The van der Waals surface area contributed by atoms with E-state index in [-0.39, 0.29) is 0 Å². The first-order valence-corrected chi connectivity index (χ1v) is 7.61. The van der Waals surface area contributed by atoms with Crippen LogP contribution < -0.4 is 14.8 Å². The summed E-state index contributed by atoms with van der Waals surface area (Å²) in [6, 6.07) is 5.74. The normalized spacial score (nSPS) is 12.2. The molecule has 1 aromatic carbocycles. The third kappa shape index (κ3) is 5.06. The fourth-order valence-electron chi connectivity index (χ4n) is 1.64. The van der Waals surface area contributed by atoms with E-state index in [1.165, 1.54) is 0 Å². The number of ether oxygens (including phenoxy) is 2. The predicted molar refractivity (Wildman–Crippen MR) is 74.8 cm³/mol. The summed E-state index contributed by atoms with van der Waals surface area (Å²) in [5.41, 5.74) is 1.06. The van der Waals surface area contributed by atoms with Gasteiger partial charge < -0.3 is 14.8 Å². The molecule has 0 aliphatic carbocycles. The lowest BCUT2D eigenvalue weighted by Crippen LogP contribution is -2.17. The Bertz CT molecular complexity index is 396. The van der Waals surface area contributed by atoms with Gasteiger partial charge in [-0.1, -0.05) is 0 Å². The van der Waals surface area contributed by atoms with Gasteiger partial charge in [-0.3, -0.25) is 4.21 Å². The summed E-state index contributed by atoms with van der Waals surface area (Å²) in [6.07, 6.45) is 2.64. The van der Waals surface area contributed by atoms with E-state index < -0.39 is 10.8 Å². The molecule has 0 aromatic heterocycles. The average molecular weight is 271 g/mol. The van der Waals surface area contributed by atoms with Crippen LogP contribution in [0.15, 0.2) is 18.2 Å². The quantitative estimate of drug-likeness (QED) is 0.729. The lowest BCUT2D eigenvalue weighted by atomic mass is 10.2. The van der Waals surface area contributed by atoms with E-state index in [2.05, 4.69) is 5.32 Å². The van der Waals surface area contributed by atoms with Gasteiger partial charge in [-0.05, 0) is 31.2 Å². The summed E-state index contributed by atoms with van der Waals surface area (Å²) in [7, 11) is 2.60. The van der Waals surface area contributed by atoms with E-state index in [4.69, 9.17) is 9.47 Å². The maximum absolute atomic E-state index is 10.9. The highest BCUT2D eigenvalue weighted by atomic mass is 32.2. The molecular formula is C13H21NO3S. The van der Waals surface area contributed by atoms with Crippen molar-refractivity contribution < 1.29 is 13.7 Å². The number of hydrogen-bond donors (Lipinski definition) is 1. The van der Waals surface area contributed by atoms with Crippen molar-refractivity contribution in [2.24, 2.45) is 0 Å². The highest BCUT2D eigenvalue weighted by Crippen LogP contribution is 2.23. The summed E-state index contributed by atoms with van der Waals surface area (Å²) < 4.78 is 21.4. The molecule has 0 amide bonds. The van der Waals surface area contributed by atoms with Crippen molar-refractivity contribution in [1.29, 1.82) is 0 Å². The van der Waals surface area contributed by atoms with Crippen molar-refractivity contribution >= 4 is 10.8 Å². The summed E-state index contributed by atoms with van der Waals surface area (Å²) in [6.45, 7) is 1.57. The van der Waals surface area contributed by atoms with E-state index in [9.17, 15) is 4.21 Å². The SMILES string of the molecule is COc1ccc(OC)c(CNCCCS(C)=O)c1. The van der Waals surface area contributed by atoms with Gasteiger partial charge in [0.2, 0.25) is 0 Å². The van der Waals surface area contributed by atoms with E-state index in [1.807, 2.05) is 18.2 Å². The van der Waals surface area contributed by atoms with Gasteiger partial charge in [0.15, 0.2) is 0 Å². The number of rotatable bonds is 8. The van der Waals surface area contributed by atoms with Gasteiger partial charge in [0, 0.05) is 34.9 Å². The second kappa shape index (κ2) is 8.11. The van der Waals surface area contributed by atoms with Crippen molar-refractivity contribution in [2.45, 2.75) is 13.0 Å². The minimum Gasteiger partial charge on any atom is -0.497 e. The zero-order chi connectivity index (χ0) is 13.4. The Morgan fingerprint density at radius 3 is 2.67 bits per heavy atom. The summed E-state index contributed by atoms with van der Waals surface area (Å²) in [4.78, 5) is 0. The van der Waals surface area contributed by atoms with Crippen LogP contribution in [0.5, 0.6) is 11.5 Å². The molecule has 0 saturated heterocycles. The van der Waals surface area contributed by atoms with Gasteiger partial charge in [-0.15, -0.1) is 0 Å². The summed E-state index contributed by atoms with van der Waals surface area (Å²) in [5, 5.41) is 3.31. The van der Waals surface area contributed by atoms with Crippen molar-refractivity contribution in [3.05, 3.63) is 23.8 Å². The van der Waals surface area contributed by atoms with Crippen LogP contribution in [0.4, 0.5) is 0 Å². The maximum Gasteiger partial charge on any atom is 0.123 e. The molecule has 1 N–H and O–H groups in total. The fraction of sp³-hybridized carbons (Fsp3) is 0.538. The third-order valence-corrected chi connectivity index (χ3v) is 3.45. The van der Waals surface area contributed by atoms with E-state index in [0.717, 1.165) is 42.3 Å². The molecule has 0 saturated carbocycles. The summed E-state index contributed by atoms with van der Waals surface area (Å²) in [5.74, 6) is 2.41. The van der Waals surface area contributed by atoms with Crippen LogP contribution in [0, 0.1) is 0 Å². The third-order valence-electron chi connectivity index (χ3n) is 2.59. The number of hydrogen-bond acceptors (Lipinski definition) is 4. The highest BCUT2D eigenvalue weighted by Gasteiger charge is 2.04. The Kier molecular flexibility index (Phi) is 6.75. The Labute approximate surface area is 111 Å². The first kappa shape index (κ1) is 15.0. The molecule has 0 fully saturated rings. The van der Waals surface area contributed by atoms with Crippen LogP contribution in [0.25, 0.3) is 0 Å². The topological polar surface area (TPSA) is 47.6 Å². The molecule has 1 aromatic rings. The fourth-order valence-corrected chi connectivity index (χ4v) is 2.19. The molecule has 0 radical (unpaired) electrons. The Morgan fingerprint density at radius 1 is 1.28 bits per heavy atom. The maximum atomic E-state index is 10.9. The van der Waals surface area contributed by atoms with Crippen LogP contribution >= 0.6 is 0 Å². The van der Waals surface area contributed by atoms with E-state index in [1.54, 1.807) is 20.5 Å². The lowest BCUT2D eigenvalue weighted by molar-refractivity contribution is 0.397. The van der Waals surface area contributed by atoms with Crippen molar-refractivity contribution in [2.75, 3.05) is 32.8 Å². The minimum absolute atomic E-state index is 0.709. The number of nitrogens with one attached hydrogen (secondary N) is 1. The van der Waals surface area contributed by atoms with Gasteiger partial charge in [0.25, 0.3) is 0 Å². The molecule has 0 aliphatic heterocycles. The first-order valence-electron chi connectivity index (χ1n) is 5.89.